The van der Waals surface area contributed by atoms with E-state index in [1.165, 1.54) is 55.5 Å². The largest absolute Gasteiger partial charge is 0.459 e. The lowest BCUT2D eigenvalue weighted by atomic mass is 9.97. The monoisotopic (exact) mass is 868 g/mol. The Labute approximate surface area is 361 Å². The van der Waals surface area contributed by atoms with Crippen LogP contribution in [-0.4, -0.2) is 115 Å². The van der Waals surface area contributed by atoms with Crippen LogP contribution in [0.5, 0.6) is 0 Å². The predicted octanol–water partition coefficient (Wildman–Crippen LogP) is 4.19. The molecule has 2 aliphatic heterocycles. The van der Waals surface area contributed by atoms with Crippen LogP contribution >= 0.6 is 0 Å². The smallest absolute Gasteiger partial charge is 0.338 e. The van der Waals surface area contributed by atoms with Crippen LogP contribution in [0, 0.1) is 0 Å². The van der Waals surface area contributed by atoms with Crippen molar-refractivity contribution in [3.05, 3.63) is 144 Å². The molecule has 0 aliphatic carbocycles. The van der Waals surface area contributed by atoms with Crippen LogP contribution in [0.15, 0.2) is 121 Å². The average molecular weight is 869 g/mol. The second-order valence-electron chi connectivity index (χ2n) is 14.3. The van der Waals surface area contributed by atoms with Crippen molar-refractivity contribution in [3.8, 4) is 0 Å². The van der Waals surface area contributed by atoms with Crippen molar-refractivity contribution in [2.24, 2.45) is 0 Å². The van der Waals surface area contributed by atoms with Crippen molar-refractivity contribution < 1.29 is 81.3 Å². The van der Waals surface area contributed by atoms with Crippen LogP contribution in [0.25, 0.3) is 0 Å². The third-order valence-corrected chi connectivity index (χ3v) is 9.70. The summed E-state index contributed by atoms with van der Waals surface area (Å²) in [4.78, 5) is 92.3. The molecule has 2 saturated heterocycles. The van der Waals surface area contributed by atoms with Gasteiger partial charge in [-0.3, -0.25) is 9.59 Å². The lowest BCUT2D eigenvalue weighted by molar-refractivity contribution is -0.344. The number of aliphatic hydroxyl groups is 1. The fraction of sp³-hybridized carbons (Fsp3) is 0.326. The molecular formula is C46H44O17. The molecule has 0 amide bonds. The maximum absolute atomic E-state index is 14.0. The summed E-state index contributed by atoms with van der Waals surface area (Å²) in [6.07, 6.45) is -16.3. The Bertz CT molecular complexity index is 2200. The quantitative estimate of drug-likeness (QED) is 0.123. The molecule has 6 rings (SSSR count). The molecule has 2 fully saturated rings. The van der Waals surface area contributed by atoms with Gasteiger partial charge >= 0.3 is 35.8 Å². The Morgan fingerprint density at radius 1 is 0.540 bits per heavy atom. The van der Waals surface area contributed by atoms with Gasteiger partial charge in [0, 0.05) is 13.3 Å². The minimum Gasteiger partial charge on any atom is -0.459 e. The molecule has 9 atom stereocenters. The zero-order valence-electron chi connectivity index (χ0n) is 34.1. The average Bonchev–Trinajstić information content (AvgIpc) is 3.29. The molecule has 0 radical (unpaired) electrons. The van der Waals surface area contributed by atoms with E-state index in [-0.39, 0.29) is 34.5 Å². The van der Waals surface area contributed by atoms with E-state index in [0.717, 1.165) is 6.92 Å². The van der Waals surface area contributed by atoms with Crippen LogP contribution in [-0.2, 0) is 57.0 Å². The number of hydrogen-bond donors (Lipinski definition) is 1. The number of Topliss-reactive ketones (excluding diaryl/α,β-unsaturated/α-hetero) is 1. The minimum absolute atomic E-state index is 0.0256. The summed E-state index contributed by atoms with van der Waals surface area (Å²) in [6.45, 7) is 1.16. The fourth-order valence-corrected chi connectivity index (χ4v) is 6.64. The molecule has 0 unspecified atom stereocenters. The maximum atomic E-state index is 14.0. The fourth-order valence-electron chi connectivity index (χ4n) is 6.64. The Hall–Kier alpha value is -6.79. The van der Waals surface area contributed by atoms with Crippen LogP contribution in [0.1, 0.15) is 68.1 Å². The SMILES string of the molecule is CC(=O)CCC(=O)O[C@@H]1[C@@H](O[C@@H]2O[C@H](COC(=O)c3ccccc3)[C@@H](OC(=O)c3ccccc3)[C@H](OC(=O)c3ccccc3)[C@H]2OC(=O)c2ccccc2)[C@@H](OC(C)=O)CO[C@@H]1O. The number of rotatable bonds is 16. The lowest BCUT2D eigenvalue weighted by Gasteiger charge is -2.47. The van der Waals surface area contributed by atoms with Gasteiger partial charge in [0.25, 0.3) is 0 Å². The van der Waals surface area contributed by atoms with Gasteiger partial charge < -0.3 is 52.5 Å². The highest BCUT2D eigenvalue weighted by Gasteiger charge is 2.56. The number of ether oxygens (including phenoxy) is 9. The zero-order valence-corrected chi connectivity index (χ0v) is 34.1. The Balaban J connectivity index is 1.46. The molecule has 0 aromatic heterocycles. The van der Waals surface area contributed by atoms with E-state index >= 15 is 0 Å². The first-order valence-corrected chi connectivity index (χ1v) is 19.8. The Morgan fingerprint density at radius 3 is 1.48 bits per heavy atom. The van der Waals surface area contributed by atoms with Gasteiger partial charge in [0.2, 0.25) is 0 Å². The van der Waals surface area contributed by atoms with Crippen molar-refractivity contribution in [2.45, 2.75) is 82.0 Å². The third-order valence-electron chi connectivity index (χ3n) is 9.70. The number of benzene rings is 4. The van der Waals surface area contributed by atoms with Crippen LogP contribution < -0.4 is 0 Å². The highest BCUT2D eigenvalue weighted by Crippen LogP contribution is 2.35. The molecule has 0 bridgehead atoms. The van der Waals surface area contributed by atoms with Gasteiger partial charge in [-0.1, -0.05) is 72.8 Å². The molecule has 0 spiro atoms. The number of ketones is 1. The molecule has 2 aliphatic rings. The molecule has 17 nitrogen and oxygen atoms in total. The topological polar surface area (TPSA) is 223 Å². The summed E-state index contributed by atoms with van der Waals surface area (Å²) in [7, 11) is 0. The van der Waals surface area contributed by atoms with Gasteiger partial charge in [0.1, 0.15) is 24.6 Å². The van der Waals surface area contributed by atoms with E-state index in [2.05, 4.69) is 0 Å². The van der Waals surface area contributed by atoms with Crippen molar-refractivity contribution in [3.63, 3.8) is 0 Å². The Kier molecular flexibility index (Phi) is 15.8. The van der Waals surface area contributed by atoms with Gasteiger partial charge in [-0.25, -0.2) is 19.2 Å². The second-order valence-corrected chi connectivity index (χ2v) is 14.3. The molecule has 17 heteroatoms. The van der Waals surface area contributed by atoms with E-state index in [1.807, 2.05) is 0 Å². The lowest BCUT2D eigenvalue weighted by Crippen LogP contribution is -2.66. The van der Waals surface area contributed by atoms with Crippen LogP contribution in [0.3, 0.4) is 0 Å². The van der Waals surface area contributed by atoms with Gasteiger partial charge in [-0.2, -0.15) is 0 Å². The van der Waals surface area contributed by atoms with E-state index < -0.39 is 111 Å². The van der Waals surface area contributed by atoms with E-state index in [1.54, 1.807) is 72.8 Å². The van der Waals surface area contributed by atoms with Crippen LogP contribution in [0.4, 0.5) is 0 Å². The van der Waals surface area contributed by atoms with Crippen molar-refractivity contribution >= 4 is 41.6 Å². The van der Waals surface area contributed by atoms with Crippen molar-refractivity contribution in [1.82, 2.24) is 0 Å². The Morgan fingerprint density at radius 2 is 1.00 bits per heavy atom. The zero-order chi connectivity index (χ0) is 44.9. The summed E-state index contributed by atoms with van der Waals surface area (Å²) >= 11 is 0. The molecule has 2 heterocycles. The standard InChI is InChI=1S/C46H44O17/c1-27(47)23-24-35(49)59-39-37(33(57-28(2)48)25-56-45(39)54)63-46-40(62-44(53)32-21-13-6-14-22-32)38(61-43(52)31-19-11-5-12-20-31)36(60-42(51)30-17-9-4-10-18-30)34(58-46)26-55-41(50)29-15-7-3-8-16-29/h3-22,33-34,36-40,45-46,54H,23-26H2,1-2H3/t33-,34+,36+,37-,38-,39+,40+,45-,46-/m0/s1. The first-order valence-electron chi connectivity index (χ1n) is 19.8. The van der Waals surface area contributed by atoms with Gasteiger partial charge in [-0.15, -0.1) is 0 Å². The molecular weight excluding hydrogens is 824 g/mol. The normalized spacial score (nSPS) is 24.1. The number of carbonyl (C=O) groups excluding carboxylic acids is 7. The summed E-state index contributed by atoms with van der Waals surface area (Å²) in [5.41, 5.74) is 0.278. The third kappa shape index (κ3) is 12.4. The number of esters is 6. The van der Waals surface area contributed by atoms with E-state index in [4.69, 9.17) is 42.6 Å². The highest BCUT2D eigenvalue weighted by atomic mass is 16.8. The maximum Gasteiger partial charge on any atom is 0.338 e. The number of carbonyl (C=O) groups is 7. The number of aliphatic hydroxyl groups excluding tert-OH is 1. The highest BCUT2D eigenvalue weighted by molar-refractivity contribution is 5.91. The summed E-state index contributed by atoms with van der Waals surface area (Å²) in [6, 6.07) is 31.0. The first-order chi connectivity index (χ1) is 30.4. The summed E-state index contributed by atoms with van der Waals surface area (Å²) < 4.78 is 53.2. The molecule has 4 aromatic rings. The van der Waals surface area contributed by atoms with Crippen molar-refractivity contribution in [2.75, 3.05) is 13.2 Å². The van der Waals surface area contributed by atoms with E-state index in [9.17, 15) is 38.7 Å². The number of hydrogen-bond acceptors (Lipinski definition) is 17. The predicted molar refractivity (Wildman–Crippen MR) is 215 cm³/mol. The van der Waals surface area contributed by atoms with Gasteiger partial charge in [-0.05, 0) is 55.5 Å². The molecule has 1 N–H and O–H groups in total. The van der Waals surface area contributed by atoms with Crippen LogP contribution in [0.2, 0.25) is 0 Å². The summed E-state index contributed by atoms with van der Waals surface area (Å²) in [5.74, 6) is -5.83. The van der Waals surface area contributed by atoms with Crippen molar-refractivity contribution in [1.29, 1.82) is 0 Å². The molecule has 0 saturated carbocycles. The second kappa shape index (κ2) is 21.8. The minimum atomic E-state index is -1.94. The molecule has 330 valence electrons. The molecule has 63 heavy (non-hydrogen) atoms. The van der Waals surface area contributed by atoms with Gasteiger partial charge in [0.05, 0.1) is 35.3 Å². The van der Waals surface area contributed by atoms with Gasteiger partial charge in [0.15, 0.2) is 43.1 Å². The first kappa shape index (κ1) is 45.7. The molecule has 4 aromatic carbocycles. The van der Waals surface area contributed by atoms with E-state index in [0.29, 0.717) is 0 Å². The summed E-state index contributed by atoms with van der Waals surface area (Å²) in [5, 5.41) is 11.1.